The number of likely N-dealkylation sites (tertiary alicyclic amines) is 2. The largest absolute Gasteiger partial charge is 0.370 e. The number of fused-ring (bicyclic) bond motifs is 1. The van der Waals surface area contributed by atoms with Gasteiger partial charge in [0, 0.05) is 46.5 Å². The summed E-state index contributed by atoms with van der Waals surface area (Å²) in [5.41, 5.74) is 4.65. The fourth-order valence-corrected chi connectivity index (χ4v) is 5.40. The van der Waals surface area contributed by atoms with E-state index in [1.165, 1.54) is 56.2 Å². The lowest BCUT2D eigenvalue weighted by atomic mass is 10.1. The molecule has 2 fully saturated rings. The van der Waals surface area contributed by atoms with E-state index in [1.807, 2.05) is 0 Å². The second-order valence-electron chi connectivity index (χ2n) is 9.94. The third kappa shape index (κ3) is 4.78. The highest BCUT2D eigenvalue weighted by Crippen LogP contribution is 2.35. The molecule has 1 aromatic carbocycles. The molecule has 1 N–H and O–H groups in total. The summed E-state index contributed by atoms with van der Waals surface area (Å²) in [6.45, 7) is 11.2. The first-order valence-corrected chi connectivity index (χ1v) is 12.7. The monoisotopic (exact) mass is 446 g/mol. The molecular formula is C27H38N6. The summed E-state index contributed by atoms with van der Waals surface area (Å²) in [5.74, 6) is 1.82. The summed E-state index contributed by atoms with van der Waals surface area (Å²) in [5, 5.41) is 4.87. The number of aromatic nitrogens is 3. The Labute approximate surface area is 198 Å². The zero-order valence-corrected chi connectivity index (χ0v) is 20.5. The second-order valence-corrected chi connectivity index (χ2v) is 9.94. The van der Waals surface area contributed by atoms with Gasteiger partial charge in [-0.3, -0.25) is 0 Å². The molecular weight excluding hydrogens is 408 g/mol. The number of piperidine rings is 1. The number of hydrogen-bond donors (Lipinski definition) is 1. The molecule has 2 saturated heterocycles. The Bertz CT molecular complexity index is 1090. The molecule has 2 aromatic heterocycles. The van der Waals surface area contributed by atoms with Crippen LogP contribution in [0.3, 0.4) is 0 Å². The zero-order chi connectivity index (χ0) is 22.8. The molecule has 176 valence electrons. The number of nitrogens with zero attached hydrogens (tertiary/aromatic N) is 5. The maximum absolute atomic E-state index is 5.04. The number of benzene rings is 1. The summed E-state index contributed by atoms with van der Waals surface area (Å²) in [6, 6.07) is 9.28. The van der Waals surface area contributed by atoms with Crippen molar-refractivity contribution < 1.29 is 0 Å². The minimum Gasteiger partial charge on any atom is -0.370 e. The van der Waals surface area contributed by atoms with E-state index in [-0.39, 0.29) is 0 Å². The van der Waals surface area contributed by atoms with Gasteiger partial charge in [0.1, 0.15) is 5.82 Å². The number of aryl methyl sites for hydroxylation is 1. The van der Waals surface area contributed by atoms with Gasteiger partial charge in [-0.15, -0.1) is 0 Å². The molecule has 0 radical (unpaired) electrons. The van der Waals surface area contributed by atoms with Crippen LogP contribution in [-0.2, 0) is 0 Å². The van der Waals surface area contributed by atoms with Gasteiger partial charge in [-0.05, 0) is 91.8 Å². The number of hydrogen-bond acceptors (Lipinski definition) is 5. The zero-order valence-electron chi connectivity index (χ0n) is 20.5. The lowest BCUT2D eigenvalue weighted by Gasteiger charge is -2.30. The van der Waals surface area contributed by atoms with E-state index in [4.69, 9.17) is 9.97 Å². The normalized spacial score (nSPS) is 18.4. The highest BCUT2D eigenvalue weighted by molar-refractivity contribution is 5.94. The van der Waals surface area contributed by atoms with Crippen LogP contribution in [-0.4, -0.2) is 70.7 Å². The van der Waals surface area contributed by atoms with Gasteiger partial charge in [-0.1, -0.05) is 18.2 Å². The van der Waals surface area contributed by atoms with Crippen LogP contribution in [0.4, 0.5) is 5.82 Å². The molecule has 5 rings (SSSR count). The quantitative estimate of drug-likeness (QED) is 0.524. The molecule has 0 saturated carbocycles. The van der Waals surface area contributed by atoms with Crippen molar-refractivity contribution in [2.45, 2.75) is 52.0 Å². The Kier molecular flexibility index (Phi) is 6.65. The first kappa shape index (κ1) is 22.4. The third-order valence-corrected chi connectivity index (χ3v) is 7.59. The van der Waals surface area contributed by atoms with Crippen LogP contribution in [0.1, 0.15) is 49.4 Å². The molecule has 2 aliphatic heterocycles. The van der Waals surface area contributed by atoms with Gasteiger partial charge in [-0.2, -0.15) is 0 Å². The lowest BCUT2D eigenvalue weighted by molar-refractivity contribution is 0.224. The van der Waals surface area contributed by atoms with Crippen molar-refractivity contribution in [3.8, 4) is 11.4 Å². The van der Waals surface area contributed by atoms with Crippen molar-refractivity contribution in [3.05, 3.63) is 41.7 Å². The lowest BCUT2D eigenvalue weighted by Crippen LogP contribution is -2.31. The summed E-state index contributed by atoms with van der Waals surface area (Å²) in [4.78, 5) is 15.0. The first-order valence-electron chi connectivity index (χ1n) is 12.7. The average molecular weight is 447 g/mol. The maximum Gasteiger partial charge on any atom is 0.163 e. The van der Waals surface area contributed by atoms with Gasteiger partial charge >= 0.3 is 0 Å². The molecule has 3 aromatic rings. The van der Waals surface area contributed by atoms with Crippen LogP contribution in [0.15, 0.2) is 30.5 Å². The Morgan fingerprint density at radius 2 is 1.76 bits per heavy atom. The Balaban J connectivity index is 1.41. The Hall–Kier alpha value is -2.44. The molecule has 0 unspecified atom stereocenters. The smallest absolute Gasteiger partial charge is 0.163 e. The van der Waals surface area contributed by atoms with Crippen molar-refractivity contribution in [1.29, 1.82) is 0 Å². The standard InChI is InChI=1S/C27H38N6/c1-20-21(2)29-27(30-26(20)28-13-8-16-32-14-6-7-15-32)24-19-33(22-11-17-31(3)18-12-22)25-10-5-4-9-23(24)25/h4-5,9-10,19,22H,6-8,11-18H2,1-3H3,(H,28,29,30). The van der Waals surface area contributed by atoms with Crippen molar-refractivity contribution in [3.63, 3.8) is 0 Å². The van der Waals surface area contributed by atoms with Crippen LogP contribution < -0.4 is 5.32 Å². The van der Waals surface area contributed by atoms with Gasteiger partial charge in [0.05, 0.1) is 0 Å². The van der Waals surface area contributed by atoms with E-state index in [1.54, 1.807) is 0 Å². The van der Waals surface area contributed by atoms with E-state index in [0.29, 0.717) is 6.04 Å². The van der Waals surface area contributed by atoms with Gasteiger partial charge in [0.2, 0.25) is 0 Å². The highest BCUT2D eigenvalue weighted by atomic mass is 15.1. The van der Waals surface area contributed by atoms with Crippen LogP contribution in [0.2, 0.25) is 0 Å². The molecule has 6 nitrogen and oxygen atoms in total. The van der Waals surface area contributed by atoms with Gasteiger partial charge in [0.15, 0.2) is 5.82 Å². The first-order chi connectivity index (χ1) is 16.1. The SMILES string of the molecule is Cc1nc(-c2cn(C3CCN(C)CC3)c3ccccc23)nc(NCCCN2CCCC2)c1C. The topological polar surface area (TPSA) is 49.2 Å². The molecule has 4 heterocycles. The highest BCUT2D eigenvalue weighted by Gasteiger charge is 2.22. The molecule has 0 aliphatic carbocycles. The van der Waals surface area contributed by atoms with Crippen molar-refractivity contribution in [2.75, 3.05) is 51.6 Å². The van der Waals surface area contributed by atoms with Crippen molar-refractivity contribution in [1.82, 2.24) is 24.3 Å². The summed E-state index contributed by atoms with van der Waals surface area (Å²) in [6.07, 6.45) is 8.53. The third-order valence-electron chi connectivity index (χ3n) is 7.59. The molecule has 0 bridgehead atoms. The minimum atomic E-state index is 0.537. The summed E-state index contributed by atoms with van der Waals surface area (Å²) in [7, 11) is 2.22. The number of para-hydroxylation sites is 1. The van der Waals surface area contributed by atoms with Crippen molar-refractivity contribution >= 4 is 16.7 Å². The van der Waals surface area contributed by atoms with Gasteiger partial charge < -0.3 is 19.7 Å². The molecule has 0 atom stereocenters. The molecule has 6 heteroatoms. The summed E-state index contributed by atoms with van der Waals surface area (Å²) >= 11 is 0. The van der Waals surface area contributed by atoms with Crippen LogP contribution in [0, 0.1) is 13.8 Å². The van der Waals surface area contributed by atoms with Gasteiger partial charge in [-0.25, -0.2) is 9.97 Å². The van der Waals surface area contributed by atoms with Crippen molar-refractivity contribution in [2.24, 2.45) is 0 Å². The number of rotatable bonds is 7. The maximum atomic E-state index is 5.04. The molecule has 0 spiro atoms. The minimum absolute atomic E-state index is 0.537. The fourth-order valence-electron chi connectivity index (χ4n) is 5.40. The number of anilines is 1. The van der Waals surface area contributed by atoms with E-state index in [0.717, 1.165) is 54.5 Å². The number of nitrogens with one attached hydrogen (secondary N) is 1. The van der Waals surface area contributed by atoms with Crippen LogP contribution >= 0.6 is 0 Å². The predicted molar refractivity (Wildman–Crippen MR) is 137 cm³/mol. The average Bonchev–Trinajstić information content (AvgIpc) is 3.48. The van der Waals surface area contributed by atoms with Crippen LogP contribution in [0.5, 0.6) is 0 Å². The molecule has 33 heavy (non-hydrogen) atoms. The summed E-state index contributed by atoms with van der Waals surface area (Å²) < 4.78 is 2.49. The predicted octanol–water partition coefficient (Wildman–Crippen LogP) is 4.88. The van der Waals surface area contributed by atoms with E-state index in [9.17, 15) is 0 Å². The van der Waals surface area contributed by atoms with E-state index >= 15 is 0 Å². The second kappa shape index (κ2) is 9.82. The Morgan fingerprint density at radius 1 is 1.00 bits per heavy atom. The van der Waals surface area contributed by atoms with Crippen LogP contribution in [0.25, 0.3) is 22.3 Å². The fraction of sp³-hybridized carbons (Fsp3) is 0.556. The van der Waals surface area contributed by atoms with Gasteiger partial charge in [0.25, 0.3) is 0 Å². The molecule has 0 amide bonds. The Morgan fingerprint density at radius 3 is 2.55 bits per heavy atom. The van der Waals surface area contributed by atoms with E-state index < -0.39 is 0 Å². The van der Waals surface area contributed by atoms with E-state index in [2.05, 4.69) is 71.0 Å². The molecule has 2 aliphatic rings.